The van der Waals surface area contributed by atoms with Crippen LogP contribution in [0.25, 0.3) is 0 Å². The number of aliphatic carboxylic acids is 1. The first-order valence-corrected chi connectivity index (χ1v) is 7.68. The van der Waals surface area contributed by atoms with E-state index < -0.39 is 29.6 Å². The molecule has 2 atom stereocenters. The number of fused-ring (bicyclic) bond motifs is 1. The summed E-state index contributed by atoms with van der Waals surface area (Å²) in [6.45, 7) is -0.147. The third kappa shape index (κ3) is 2.66. The van der Waals surface area contributed by atoms with Crippen molar-refractivity contribution in [2.75, 3.05) is 12.4 Å². The summed E-state index contributed by atoms with van der Waals surface area (Å²) in [6.07, 6.45) is 0. The molecule has 0 aliphatic carbocycles. The van der Waals surface area contributed by atoms with E-state index in [0.29, 0.717) is 11.3 Å². The minimum atomic E-state index is -1.25. The third-order valence-electron chi connectivity index (χ3n) is 3.60. The van der Waals surface area contributed by atoms with Crippen molar-refractivity contribution in [3.63, 3.8) is 0 Å². The van der Waals surface area contributed by atoms with Crippen molar-refractivity contribution in [3.05, 3.63) is 41.1 Å². The van der Waals surface area contributed by atoms with Gasteiger partial charge in [0.25, 0.3) is 0 Å². The first kappa shape index (κ1) is 15.8. The molecule has 2 heterocycles. The average Bonchev–Trinajstić information content (AvgIpc) is 2.54. The van der Waals surface area contributed by atoms with Gasteiger partial charge in [0, 0.05) is 17.4 Å². The Bertz CT molecular complexity index is 725. The lowest BCUT2D eigenvalue weighted by atomic mass is 10.0. The molecular weight excluding hydrogens is 330 g/mol. The molecule has 0 bridgehead atoms. The molecule has 1 fully saturated rings. The first-order chi connectivity index (χ1) is 10.9. The van der Waals surface area contributed by atoms with Crippen LogP contribution in [-0.4, -0.2) is 45.7 Å². The minimum Gasteiger partial charge on any atom is -0.489 e. The summed E-state index contributed by atoms with van der Waals surface area (Å²) in [7, 11) is 0. The number of nitrogens with zero attached hydrogens (tertiary/aromatic N) is 1. The predicted octanol–water partition coefficient (Wildman–Crippen LogP) is 0.925. The van der Waals surface area contributed by atoms with Gasteiger partial charge in [-0.3, -0.25) is 9.69 Å². The van der Waals surface area contributed by atoms with Crippen molar-refractivity contribution in [1.29, 1.82) is 0 Å². The van der Waals surface area contributed by atoms with E-state index in [2.05, 4.69) is 0 Å². The second-order valence-electron chi connectivity index (χ2n) is 5.06. The second kappa shape index (κ2) is 5.82. The Morgan fingerprint density at radius 3 is 2.83 bits per heavy atom. The number of ether oxygens (including phenoxy) is 1. The summed E-state index contributed by atoms with van der Waals surface area (Å²) >= 11 is 1.34. The number of carboxylic acid groups (broad SMARTS) is 1. The Hall–Kier alpha value is -2.13. The molecule has 2 aliphatic rings. The van der Waals surface area contributed by atoms with E-state index in [-0.39, 0.29) is 23.4 Å². The van der Waals surface area contributed by atoms with Gasteiger partial charge in [-0.1, -0.05) is 0 Å². The lowest BCUT2D eigenvalue weighted by molar-refractivity contribution is -0.148. The number of β-lactam (4-membered cyclic amide) rings is 1. The maximum Gasteiger partial charge on any atom is 0.352 e. The number of thioether (sulfide) groups is 1. The number of amides is 1. The molecule has 23 heavy (non-hydrogen) atoms. The lowest BCUT2D eigenvalue weighted by Gasteiger charge is -2.47. The Morgan fingerprint density at radius 1 is 1.43 bits per heavy atom. The third-order valence-corrected chi connectivity index (χ3v) is 4.96. The summed E-state index contributed by atoms with van der Waals surface area (Å²) in [5, 5.41) is 8.96. The van der Waals surface area contributed by atoms with E-state index in [1.165, 1.54) is 17.8 Å². The second-order valence-corrected chi connectivity index (χ2v) is 6.16. The molecule has 1 amide bonds. The number of carbonyl (C=O) groups is 2. The molecule has 6 nitrogen and oxygen atoms in total. The van der Waals surface area contributed by atoms with Crippen molar-refractivity contribution in [2.45, 2.75) is 11.4 Å². The standard InChI is InChI=1S/C14H12F2N2O4S/c15-8-2-1-7(3-9(8)16)22-4-6-5-23-13-10(17)12(19)18(13)11(6)14(20)21/h1-3,10,13H,4-5,17H2,(H,20,21)/t10?,13-/m0/s1. The van der Waals surface area contributed by atoms with Gasteiger partial charge >= 0.3 is 5.97 Å². The van der Waals surface area contributed by atoms with Crippen molar-refractivity contribution >= 4 is 23.6 Å². The normalized spacial score (nSPS) is 23.4. The molecule has 0 saturated carbocycles. The molecule has 9 heteroatoms. The monoisotopic (exact) mass is 342 g/mol. The van der Waals surface area contributed by atoms with Crippen LogP contribution in [0, 0.1) is 11.6 Å². The molecule has 1 saturated heterocycles. The smallest absolute Gasteiger partial charge is 0.352 e. The number of rotatable bonds is 4. The molecule has 1 aromatic rings. The molecule has 0 spiro atoms. The highest BCUT2D eigenvalue weighted by atomic mass is 32.2. The van der Waals surface area contributed by atoms with Crippen molar-refractivity contribution in [3.8, 4) is 5.75 Å². The molecule has 1 unspecified atom stereocenters. The summed E-state index contributed by atoms with van der Waals surface area (Å²) in [5.74, 6) is -3.37. The molecule has 0 radical (unpaired) electrons. The zero-order valence-electron chi connectivity index (χ0n) is 11.7. The Morgan fingerprint density at radius 2 is 2.17 bits per heavy atom. The van der Waals surface area contributed by atoms with Crippen LogP contribution >= 0.6 is 11.8 Å². The topological polar surface area (TPSA) is 92.9 Å². The van der Waals surface area contributed by atoms with E-state index in [1.54, 1.807) is 0 Å². The van der Waals surface area contributed by atoms with E-state index in [0.717, 1.165) is 17.0 Å². The van der Waals surface area contributed by atoms with Gasteiger partial charge in [0.1, 0.15) is 29.5 Å². The van der Waals surface area contributed by atoms with E-state index >= 15 is 0 Å². The molecular formula is C14H12F2N2O4S. The van der Waals surface area contributed by atoms with Gasteiger partial charge in [-0.05, 0) is 12.1 Å². The maximum absolute atomic E-state index is 13.1. The number of nitrogens with two attached hydrogens (primary N) is 1. The van der Waals surface area contributed by atoms with Gasteiger partial charge < -0.3 is 15.6 Å². The van der Waals surface area contributed by atoms with Crippen molar-refractivity contribution in [2.24, 2.45) is 5.73 Å². The van der Waals surface area contributed by atoms with Crippen LogP contribution in [-0.2, 0) is 9.59 Å². The predicted molar refractivity (Wildman–Crippen MR) is 77.6 cm³/mol. The molecule has 122 valence electrons. The molecule has 3 rings (SSSR count). The fourth-order valence-electron chi connectivity index (χ4n) is 2.43. The highest BCUT2D eigenvalue weighted by Crippen LogP contribution is 2.39. The highest BCUT2D eigenvalue weighted by Gasteiger charge is 2.51. The van der Waals surface area contributed by atoms with Gasteiger partial charge in [-0.25, -0.2) is 13.6 Å². The van der Waals surface area contributed by atoms with E-state index in [4.69, 9.17) is 10.5 Å². The summed E-state index contributed by atoms with van der Waals surface area (Å²) < 4.78 is 31.3. The van der Waals surface area contributed by atoms with Crippen LogP contribution in [0.4, 0.5) is 8.78 Å². The highest BCUT2D eigenvalue weighted by molar-refractivity contribution is 8.00. The van der Waals surface area contributed by atoms with E-state index in [1.807, 2.05) is 0 Å². The van der Waals surface area contributed by atoms with Crippen LogP contribution in [0.2, 0.25) is 0 Å². The maximum atomic E-state index is 13.1. The summed E-state index contributed by atoms with van der Waals surface area (Å²) in [5.41, 5.74) is 5.87. The van der Waals surface area contributed by atoms with Crippen LogP contribution in [0.15, 0.2) is 29.5 Å². The number of hydrogen-bond acceptors (Lipinski definition) is 5. The zero-order valence-corrected chi connectivity index (χ0v) is 12.5. The minimum absolute atomic E-state index is 0.0694. The first-order valence-electron chi connectivity index (χ1n) is 6.63. The zero-order chi connectivity index (χ0) is 16.7. The SMILES string of the molecule is NC1C(=O)N2C(C(=O)O)=C(COc3ccc(F)c(F)c3)CS[C@@H]12. The Kier molecular flexibility index (Phi) is 3.99. The molecule has 1 aromatic carbocycles. The fourth-order valence-corrected chi connectivity index (χ4v) is 3.70. The van der Waals surface area contributed by atoms with Crippen molar-refractivity contribution in [1.82, 2.24) is 4.90 Å². The van der Waals surface area contributed by atoms with Gasteiger partial charge in [0.05, 0.1) is 0 Å². The van der Waals surface area contributed by atoms with Crippen LogP contribution in [0.3, 0.4) is 0 Å². The summed E-state index contributed by atoms with van der Waals surface area (Å²) in [6, 6.07) is 2.33. The largest absolute Gasteiger partial charge is 0.489 e. The van der Waals surface area contributed by atoms with Gasteiger partial charge in [-0.2, -0.15) is 0 Å². The molecule has 2 aliphatic heterocycles. The molecule has 3 N–H and O–H groups in total. The van der Waals surface area contributed by atoms with E-state index in [9.17, 15) is 23.5 Å². The Balaban J connectivity index is 1.81. The average molecular weight is 342 g/mol. The summed E-state index contributed by atoms with van der Waals surface area (Å²) in [4.78, 5) is 24.4. The van der Waals surface area contributed by atoms with Crippen LogP contribution < -0.4 is 10.5 Å². The van der Waals surface area contributed by atoms with Gasteiger partial charge in [0.15, 0.2) is 11.6 Å². The molecule has 0 aromatic heterocycles. The number of carboxylic acids is 1. The number of benzene rings is 1. The van der Waals surface area contributed by atoms with Crippen LogP contribution in [0.5, 0.6) is 5.75 Å². The quantitative estimate of drug-likeness (QED) is 0.791. The number of carbonyl (C=O) groups excluding carboxylic acids is 1. The number of halogens is 2. The lowest BCUT2D eigenvalue weighted by Crippen LogP contribution is -2.68. The van der Waals surface area contributed by atoms with Crippen LogP contribution in [0.1, 0.15) is 0 Å². The Labute approximate surface area is 133 Å². The number of hydrogen-bond donors (Lipinski definition) is 2. The van der Waals surface area contributed by atoms with Crippen molar-refractivity contribution < 1.29 is 28.2 Å². The fraction of sp³-hybridized carbons (Fsp3) is 0.286. The van der Waals surface area contributed by atoms with Gasteiger partial charge in [0.2, 0.25) is 5.91 Å². The van der Waals surface area contributed by atoms with Gasteiger partial charge in [-0.15, -0.1) is 11.8 Å².